The molecule has 0 amide bonds. The Kier molecular flexibility index (Phi) is 5.38. The number of aromatic hydroxyl groups is 1. The number of hydrogen-bond donors (Lipinski definition) is 1. The standard InChI is InChI=1S/C20H17BClFN4O2/c1-11-2-3-16(13-8-12(21)9-14(22)18(13)28)25-17(11)19-24-10-15(23)20(26-19)27-4-6-29-7-5-27/h2-3,8-10,28H,4-7H2,1H3. The molecule has 0 saturated carbocycles. The van der Waals surface area contributed by atoms with E-state index in [2.05, 4.69) is 15.0 Å². The minimum absolute atomic E-state index is 0.114. The fourth-order valence-corrected chi connectivity index (χ4v) is 3.42. The van der Waals surface area contributed by atoms with Crippen molar-refractivity contribution in [2.75, 3.05) is 31.2 Å². The van der Waals surface area contributed by atoms with E-state index in [1.807, 2.05) is 17.9 Å². The Morgan fingerprint density at radius 2 is 1.97 bits per heavy atom. The van der Waals surface area contributed by atoms with Gasteiger partial charge in [0.2, 0.25) is 0 Å². The highest BCUT2D eigenvalue weighted by Gasteiger charge is 2.20. The summed E-state index contributed by atoms with van der Waals surface area (Å²) in [7, 11) is 5.86. The van der Waals surface area contributed by atoms with E-state index in [9.17, 15) is 9.50 Å². The van der Waals surface area contributed by atoms with E-state index in [0.717, 1.165) is 11.8 Å². The molecule has 1 N–H and O–H groups in total. The Labute approximate surface area is 173 Å². The first kappa shape index (κ1) is 19.6. The number of benzene rings is 1. The SMILES string of the molecule is [B]c1cc(Cl)c(O)c(-c2ccc(C)c(-c3ncc(F)c(N4CCOCC4)n3)n2)c1. The second-order valence-corrected chi connectivity index (χ2v) is 7.13. The minimum atomic E-state index is -0.496. The van der Waals surface area contributed by atoms with Crippen molar-refractivity contribution < 1.29 is 14.2 Å². The van der Waals surface area contributed by atoms with Gasteiger partial charge in [0.15, 0.2) is 17.5 Å². The largest absolute Gasteiger partial charge is 0.506 e. The van der Waals surface area contributed by atoms with Gasteiger partial charge in [-0.25, -0.2) is 19.3 Å². The quantitative estimate of drug-likeness (QED) is 0.669. The summed E-state index contributed by atoms with van der Waals surface area (Å²) in [4.78, 5) is 15.0. The summed E-state index contributed by atoms with van der Waals surface area (Å²) >= 11 is 6.04. The van der Waals surface area contributed by atoms with Crippen molar-refractivity contribution in [1.29, 1.82) is 0 Å². The number of nitrogens with zero attached hydrogens (tertiary/aromatic N) is 4. The molecule has 1 fully saturated rings. The summed E-state index contributed by atoms with van der Waals surface area (Å²) < 4.78 is 19.7. The van der Waals surface area contributed by atoms with Gasteiger partial charge >= 0.3 is 0 Å². The number of ether oxygens (including phenoxy) is 1. The molecule has 1 aromatic carbocycles. The molecular weight excluding hydrogens is 394 g/mol. The van der Waals surface area contributed by atoms with Crippen molar-refractivity contribution in [3.05, 3.63) is 46.9 Å². The van der Waals surface area contributed by atoms with Crippen LogP contribution in [0.2, 0.25) is 5.02 Å². The Morgan fingerprint density at radius 3 is 2.72 bits per heavy atom. The summed E-state index contributed by atoms with van der Waals surface area (Å²) in [6.07, 6.45) is 1.15. The normalized spacial score (nSPS) is 14.2. The van der Waals surface area contributed by atoms with Crippen molar-refractivity contribution in [3.8, 4) is 28.5 Å². The van der Waals surface area contributed by atoms with Crippen LogP contribution in [0.1, 0.15) is 5.56 Å². The third-order valence-electron chi connectivity index (χ3n) is 4.71. The third kappa shape index (κ3) is 3.90. The highest BCUT2D eigenvalue weighted by atomic mass is 35.5. The second-order valence-electron chi connectivity index (χ2n) is 6.73. The monoisotopic (exact) mass is 410 g/mol. The predicted molar refractivity (Wildman–Crippen MR) is 110 cm³/mol. The molecule has 2 radical (unpaired) electrons. The molecular formula is C20H17BClFN4O2. The maximum atomic E-state index is 14.4. The van der Waals surface area contributed by atoms with Gasteiger partial charge in [0.25, 0.3) is 0 Å². The highest BCUT2D eigenvalue weighted by molar-refractivity contribution is 6.37. The number of aryl methyl sites for hydroxylation is 1. The number of phenolic OH excluding ortho intramolecular Hbond substituents is 1. The Morgan fingerprint density at radius 1 is 1.21 bits per heavy atom. The number of halogens is 2. The molecule has 6 nitrogen and oxygen atoms in total. The number of morpholine rings is 1. The lowest BCUT2D eigenvalue weighted by molar-refractivity contribution is 0.122. The molecule has 0 aliphatic carbocycles. The molecule has 2 aromatic heterocycles. The fourth-order valence-electron chi connectivity index (χ4n) is 3.19. The fraction of sp³-hybridized carbons (Fsp3) is 0.250. The van der Waals surface area contributed by atoms with Crippen LogP contribution < -0.4 is 10.4 Å². The van der Waals surface area contributed by atoms with Crippen LogP contribution in [0.5, 0.6) is 5.75 Å². The smallest absolute Gasteiger partial charge is 0.183 e. The van der Waals surface area contributed by atoms with Gasteiger partial charge < -0.3 is 14.7 Å². The molecule has 1 saturated heterocycles. The van der Waals surface area contributed by atoms with Gasteiger partial charge in [-0.2, -0.15) is 0 Å². The molecule has 0 atom stereocenters. The molecule has 0 unspecified atom stereocenters. The summed E-state index contributed by atoms with van der Waals surface area (Å²) in [5, 5.41) is 10.5. The van der Waals surface area contributed by atoms with Gasteiger partial charge in [0, 0.05) is 18.7 Å². The van der Waals surface area contributed by atoms with Gasteiger partial charge in [-0.05, 0) is 24.6 Å². The van der Waals surface area contributed by atoms with Gasteiger partial charge in [-0.3, -0.25) is 0 Å². The van der Waals surface area contributed by atoms with E-state index in [-0.39, 0.29) is 16.6 Å². The van der Waals surface area contributed by atoms with Gasteiger partial charge in [-0.15, -0.1) is 0 Å². The van der Waals surface area contributed by atoms with Gasteiger partial charge in [-0.1, -0.05) is 29.2 Å². The summed E-state index contributed by atoms with van der Waals surface area (Å²) in [5.74, 6) is -0.0941. The molecule has 1 aliphatic heterocycles. The second kappa shape index (κ2) is 7.97. The van der Waals surface area contributed by atoms with Crippen molar-refractivity contribution in [2.24, 2.45) is 0 Å². The van der Waals surface area contributed by atoms with Crippen molar-refractivity contribution in [3.63, 3.8) is 0 Å². The molecule has 1 aliphatic rings. The van der Waals surface area contributed by atoms with Crippen LogP contribution in [0.4, 0.5) is 10.2 Å². The topological polar surface area (TPSA) is 71.4 Å². The molecule has 9 heteroatoms. The van der Waals surface area contributed by atoms with Crippen LogP contribution in [0.3, 0.4) is 0 Å². The van der Waals surface area contributed by atoms with Crippen LogP contribution in [0.15, 0.2) is 30.5 Å². The number of aromatic nitrogens is 3. The Balaban J connectivity index is 1.79. The van der Waals surface area contributed by atoms with Crippen LogP contribution in [0.25, 0.3) is 22.8 Å². The lowest BCUT2D eigenvalue weighted by Crippen LogP contribution is -2.37. The molecule has 0 bridgehead atoms. The first-order chi connectivity index (χ1) is 13.9. The predicted octanol–water partition coefficient (Wildman–Crippen LogP) is 2.64. The van der Waals surface area contributed by atoms with Crippen LogP contribution in [0, 0.1) is 12.7 Å². The zero-order chi connectivity index (χ0) is 20.5. The van der Waals surface area contributed by atoms with Crippen LogP contribution in [-0.4, -0.2) is 54.2 Å². The molecule has 29 heavy (non-hydrogen) atoms. The van der Waals surface area contributed by atoms with E-state index in [1.54, 1.807) is 12.1 Å². The first-order valence-electron chi connectivity index (χ1n) is 9.05. The lowest BCUT2D eigenvalue weighted by atomic mass is 9.92. The van der Waals surface area contributed by atoms with E-state index in [1.165, 1.54) is 6.07 Å². The van der Waals surface area contributed by atoms with Crippen molar-refractivity contribution >= 4 is 30.7 Å². The van der Waals surface area contributed by atoms with E-state index in [4.69, 9.17) is 24.2 Å². The van der Waals surface area contributed by atoms with Crippen LogP contribution >= 0.6 is 11.6 Å². The average molecular weight is 411 g/mol. The molecule has 3 heterocycles. The van der Waals surface area contributed by atoms with E-state index >= 15 is 0 Å². The first-order valence-corrected chi connectivity index (χ1v) is 9.43. The maximum absolute atomic E-state index is 14.4. The van der Waals surface area contributed by atoms with E-state index in [0.29, 0.717) is 54.5 Å². The third-order valence-corrected chi connectivity index (χ3v) is 4.99. The molecule has 146 valence electrons. The Bertz CT molecular complexity index is 1080. The average Bonchev–Trinajstić information content (AvgIpc) is 2.72. The Hall–Kier alpha value is -2.71. The van der Waals surface area contributed by atoms with Crippen molar-refractivity contribution in [1.82, 2.24) is 15.0 Å². The van der Waals surface area contributed by atoms with E-state index < -0.39 is 5.82 Å². The molecule has 0 spiro atoms. The maximum Gasteiger partial charge on any atom is 0.183 e. The zero-order valence-electron chi connectivity index (χ0n) is 15.7. The number of phenols is 1. The number of rotatable bonds is 3. The lowest BCUT2D eigenvalue weighted by Gasteiger charge is -2.28. The van der Waals surface area contributed by atoms with Crippen LogP contribution in [-0.2, 0) is 4.74 Å². The highest BCUT2D eigenvalue weighted by Crippen LogP contribution is 2.34. The van der Waals surface area contributed by atoms with Crippen molar-refractivity contribution in [2.45, 2.75) is 6.92 Å². The minimum Gasteiger partial charge on any atom is -0.506 e. The molecule has 3 aromatic rings. The summed E-state index contributed by atoms with van der Waals surface area (Å²) in [6.45, 7) is 3.99. The van der Waals surface area contributed by atoms with Gasteiger partial charge in [0.1, 0.15) is 19.3 Å². The number of hydrogen-bond acceptors (Lipinski definition) is 6. The molecule has 4 rings (SSSR count). The zero-order valence-corrected chi connectivity index (χ0v) is 16.4. The number of pyridine rings is 1. The van der Waals surface area contributed by atoms with Gasteiger partial charge in [0.05, 0.1) is 30.1 Å². The number of anilines is 1. The summed E-state index contributed by atoms with van der Waals surface area (Å²) in [6, 6.07) is 6.63. The summed E-state index contributed by atoms with van der Waals surface area (Å²) in [5.41, 5.74) is 2.54.